The Kier molecular flexibility index (Phi) is 3.62. The molecule has 0 bridgehead atoms. The number of rotatable bonds is 4. The summed E-state index contributed by atoms with van der Waals surface area (Å²) in [5, 5.41) is 17.6. The highest BCUT2D eigenvalue weighted by Gasteiger charge is 2.14. The maximum Gasteiger partial charge on any atom is 0.336 e. The van der Waals surface area contributed by atoms with E-state index in [0.29, 0.717) is 12.0 Å². The molecular weight excluding hydrogens is 182 g/mol. The molecule has 1 aromatic carbocycles. The molecule has 0 aliphatic rings. The van der Waals surface area contributed by atoms with Gasteiger partial charge in [-0.2, -0.15) is 0 Å². The van der Waals surface area contributed by atoms with Crippen LogP contribution in [0.25, 0.3) is 0 Å². The smallest absolute Gasteiger partial charge is 0.336 e. The van der Waals surface area contributed by atoms with Crippen LogP contribution in [0.2, 0.25) is 0 Å². The number of carbonyl (C=O) groups is 1. The molecule has 0 saturated heterocycles. The van der Waals surface area contributed by atoms with Gasteiger partial charge in [-0.1, -0.05) is 18.2 Å². The summed E-state index contributed by atoms with van der Waals surface area (Å²) in [7, 11) is 0. The van der Waals surface area contributed by atoms with Crippen molar-refractivity contribution in [2.24, 2.45) is 5.73 Å². The fraction of sp³-hybridized carbons (Fsp3) is 0.300. The van der Waals surface area contributed by atoms with Crippen molar-refractivity contribution in [2.45, 2.75) is 12.5 Å². The van der Waals surface area contributed by atoms with Crippen LogP contribution in [0.1, 0.15) is 28.4 Å². The summed E-state index contributed by atoms with van der Waals surface area (Å²) in [6.07, 6.45) is 0.365. The first-order valence-corrected chi connectivity index (χ1v) is 4.35. The topological polar surface area (TPSA) is 83.5 Å². The molecule has 0 amide bonds. The first-order valence-electron chi connectivity index (χ1n) is 4.35. The highest BCUT2D eigenvalue weighted by atomic mass is 16.4. The minimum atomic E-state index is -0.992. The van der Waals surface area contributed by atoms with E-state index in [-0.39, 0.29) is 12.2 Å². The van der Waals surface area contributed by atoms with E-state index in [2.05, 4.69) is 0 Å². The van der Waals surface area contributed by atoms with Crippen LogP contribution < -0.4 is 5.73 Å². The number of aliphatic hydroxyl groups is 1. The molecule has 0 aliphatic carbocycles. The normalized spacial score (nSPS) is 12.4. The van der Waals surface area contributed by atoms with E-state index in [9.17, 15) is 4.79 Å². The molecule has 4 heteroatoms. The van der Waals surface area contributed by atoms with Gasteiger partial charge in [0.15, 0.2) is 0 Å². The minimum Gasteiger partial charge on any atom is -0.478 e. The van der Waals surface area contributed by atoms with Crippen LogP contribution in [0.4, 0.5) is 0 Å². The summed E-state index contributed by atoms with van der Waals surface area (Å²) < 4.78 is 0. The van der Waals surface area contributed by atoms with E-state index in [1.807, 2.05) is 0 Å². The van der Waals surface area contributed by atoms with E-state index in [1.165, 1.54) is 6.07 Å². The minimum absolute atomic E-state index is 0.0465. The Morgan fingerprint density at radius 2 is 2.07 bits per heavy atom. The third-order valence-corrected chi connectivity index (χ3v) is 2.03. The molecular formula is C10H13NO3. The molecule has 4 N–H and O–H groups in total. The van der Waals surface area contributed by atoms with Gasteiger partial charge in [0.25, 0.3) is 0 Å². The zero-order chi connectivity index (χ0) is 10.6. The Morgan fingerprint density at radius 3 is 2.64 bits per heavy atom. The largest absolute Gasteiger partial charge is 0.478 e. The second-order valence-electron chi connectivity index (χ2n) is 3.01. The zero-order valence-electron chi connectivity index (χ0n) is 7.68. The molecule has 0 aliphatic heterocycles. The van der Waals surface area contributed by atoms with Crippen molar-refractivity contribution in [1.29, 1.82) is 0 Å². The predicted molar refractivity (Wildman–Crippen MR) is 52.0 cm³/mol. The van der Waals surface area contributed by atoms with Gasteiger partial charge in [0.05, 0.1) is 5.56 Å². The summed E-state index contributed by atoms with van der Waals surface area (Å²) in [4.78, 5) is 10.8. The number of hydrogen-bond donors (Lipinski definition) is 3. The van der Waals surface area contributed by atoms with Crippen LogP contribution in [0.15, 0.2) is 24.3 Å². The van der Waals surface area contributed by atoms with Crippen LogP contribution in [-0.2, 0) is 0 Å². The van der Waals surface area contributed by atoms with Crippen LogP contribution in [-0.4, -0.2) is 22.8 Å². The Hall–Kier alpha value is -1.39. The van der Waals surface area contributed by atoms with Gasteiger partial charge >= 0.3 is 5.97 Å². The molecule has 76 valence electrons. The number of nitrogens with two attached hydrogens (primary N) is 1. The molecule has 1 atom stereocenters. The molecule has 0 aromatic heterocycles. The summed E-state index contributed by atoms with van der Waals surface area (Å²) in [6.45, 7) is -0.0465. The first kappa shape index (κ1) is 10.7. The molecule has 14 heavy (non-hydrogen) atoms. The van der Waals surface area contributed by atoms with Crippen LogP contribution in [0.3, 0.4) is 0 Å². The van der Waals surface area contributed by atoms with Crippen LogP contribution >= 0.6 is 0 Å². The van der Waals surface area contributed by atoms with Gasteiger partial charge in [0.2, 0.25) is 0 Å². The molecule has 1 unspecified atom stereocenters. The van der Waals surface area contributed by atoms with Crippen molar-refractivity contribution < 1.29 is 15.0 Å². The molecule has 4 nitrogen and oxygen atoms in total. The highest BCUT2D eigenvalue weighted by Crippen LogP contribution is 2.18. The number of benzene rings is 1. The lowest BCUT2D eigenvalue weighted by Crippen LogP contribution is -2.16. The van der Waals surface area contributed by atoms with Crippen molar-refractivity contribution in [2.75, 3.05) is 6.61 Å². The second kappa shape index (κ2) is 4.74. The molecule has 0 fully saturated rings. The average Bonchev–Trinajstić information content (AvgIpc) is 2.18. The van der Waals surface area contributed by atoms with E-state index in [0.717, 1.165) is 0 Å². The summed E-state index contributed by atoms with van der Waals surface area (Å²) in [6, 6.07) is 6.14. The number of aromatic carboxylic acids is 1. The van der Waals surface area contributed by atoms with E-state index >= 15 is 0 Å². The standard InChI is InChI=1S/C10H13NO3/c11-9(5-6-12)7-3-1-2-4-8(7)10(13)14/h1-4,9,12H,5-6,11H2,(H,13,14). The third kappa shape index (κ3) is 2.31. The van der Waals surface area contributed by atoms with Gasteiger partial charge in [-0.05, 0) is 18.1 Å². The number of carboxylic acid groups (broad SMARTS) is 1. The monoisotopic (exact) mass is 195 g/mol. The molecule has 0 saturated carbocycles. The van der Waals surface area contributed by atoms with Gasteiger partial charge in [-0.25, -0.2) is 4.79 Å². The number of carboxylic acids is 1. The lowest BCUT2D eigenvalue weighted by molar-refractivity contribution is 0.0694. The van der Waals surface area contributed by atoms with Gasteiger partial charge in [-0.3, -0.25) is 0 Å². The second-order valence-corrected chi connectivity index (χ2v) is 3.01. The zero-order valence-corrected chi connectivity index (χ0v) is 7.68. The molecule has 0 radical (unpaired) electrons. The Bertz CT molecular complexity index is 325. The van der Waals surface area contributed by atoms with Crippen molar-refractivity contribution in [3.05, 3.63) is 35.4 Å². The fourth-order valence-corrected chi connectivity index (χ4v) is 1.31. The average molecular weight is 195 g/mol. The number of aliphatic hydroxyl groups excluding tert-OH is 1. The lowest BCUT2D eigenvalue weighted by atomic mass is 9.99. The quantitative estimate of drug-likeness (QED) is 0.662. The number of hydrogen-bond acceptors (Lipinski definition) is 3. The first-order chi connectivity index (χ1) is 6.66. The van der Waals surface area contributed by atoms with E-state index in [1.54, 1.807) is 18.2 Å². The molecule has 1 aromatic rings. The molecule has 0 heterocycles. The van der Waals surface area contributed by atoms with Crippen LogP contribution in [0, 0.1) is 0 Å². The van der Waals surface area contributed by atoms with Crippen molar-refractivity contribution in [3.8, 4) is 0 Å². The van der Waals surface area contributed by atoms with Gasteiger partial charge in [0.1, 0.15) is 0 Å². The molecule has 1 rings (SSSR count). The summed E-state index contributed by atoms with van der Waals surface area (Å²) >= 11 is 0. The highest BCUT2D eigenvalue weighted by molar-refractivity contribution is 5.89. The van der Waals surface area contributed by atoms with Gasteiger partial charge in [-0.15, -0.1) is 0 Å². The molecule has 0 spiro atoms. The van der Waals surface area contributed by atoms with Gasteiger partial charge < -0.3 is 15.9 Å². The van der Waals surface area contributed by atoms with E-state index in [4.69, 9.17) is 15.9 Å². The van der Waals surface area contributed by atoms with E-state index < -0.39 is 12.0 Å². The Morgan fingerprint density at radius 1 is 1.43 bits per heavy atom. The van der Waals surface area contributed by atoms with Crippen molar-refractivity contribution >= 4 is 5.97 Å². The lowest BCUT2D eigenvalue weighted by Gasteiger charge is -2.12. The maximum absolute atomic E-state index is 10.8. The summed E-state index contributed by atoms with van der Waals surface area (Å²) in [5.74, 6) is -0.992. The fourth-order valence-electron chi connectivity index (χ4n) is 1.31. The summed E-state index contributed by atoms with van der Waals surface area (Å²) in [5.41, 5.74) is 6.49. The van der Waals surface area contributed by atoms with Crippen LogP contribution in [0.5, 0.6) is 0 Å². The SMILES string of the molecule is NC(CCO)c1ccccc1C(=O)O. The Balaban J connectivity index is 3.00. The van der Waals surface area contributed by atoms with Crippen molar-refractivity contribution in [3.63, 3.8) is 0 Å². The maximum atomic E-state index is 10.8. The predicted octanol–water partition coefficient (Wildman–Crippen LogP) is 0.767. The third-order valence-electron chi connectivity index (χ3n) is 2.03. The van der Waals surface area contributed by atoms with Gasteiger partial charge in [0, 0.05) is 12.6 Å². The van der Waals surface area contributed by atoms with Crippen molar-refractivity contribution in [1.82, 2.24) is 0 Å². The Labute approximate surface area is 82.0 Å².